The van der Waals surface area contributed by atoms with E-state index >= 15 is 0 Å². The van der Waals surface area contributed by atoms with Gasteiger partial charge in [-0.3, -0.25) is 9.69 Å². The average molecular weight is 406 g/mol. The highest BCUT2D eigenvalue weighted by Crippen LogP contribution is 2.19. The number of rotatable bonds is 4. The summed E-state index contributed by atoms with van der Waals surface area (Å²) in [5.41, 5.74) is 0.593. The molecule has 0 radical (unpaired) electrons. The molecule has 9 nitrogen and oxygen atoms in total. The summed E-state index contributed by atoms with van der Waals surface area (Å²) in [7, 11) is 0. The fraction of sp³-hybridized carbons (Fsp3) is 0.476. The van der Waals surface area contributed by atoms with Gasteiger partial charge in [-0.15, -0.1) is 0 Å². The number of nitrogens with zero attached hydrogens (tertiary/aromatic N) is 8. The molecule has 156 valence electrons. The molecular formula is C21H26N8O. The van der Waals surface area contributed by atoms with Gasteiger partial charge >= 0.3 is 0 Å². The topological polar surface area (TPSA) is 92.5 Å². The van der Waals surface area contributed by atoms with Gasteiger partial charge < -0.3 is 14.7 Å². The van der Waals surface area contributed by atoms with Crippen LogP contribution < -0.4 is 9.80 Å². The standard InChI is InChI=1S/C21H26N8O/c1-17(20(30)28-12-14-29(15-13-28)21-24-6-3-7-25-21)26-8-10-27(11-9-26)19-18(16-22)4-2-5-23-19/h2-7,17H,8-15H2,1H3. The van der Waals surface area contributed by atoms with Gasteiger partial charge in [-0.25, -0.2) is 15.0 Å². The van der Waals surface area contributed by atoms with Crippen LogP contribution in [-0.2, 0) is 4.79 Å². The SMILES string of the molecule is CC(C(=O)N1CCN(c2ncccn2)CC1)N1CCN(c2ncccc2C#N)CC1. The van der Waals surface area contributed by atoms with Gasteiger partial charge in [-0.1, -0.05) is 0 Å². The van der Waals surface area contributed by atoms with Crippen LogP contribution in [0.5, 0.6) is 0 Å². The van der Waals surface area contributed by atoms with E-state index in [0.29, 0.717) is 18.7 Å². The monoisotopic (exact) mass is 406 g/mol. The minimum Gasteiger partial charge on any atom is -0.353 e. The Kier molecular flexibility index (Phi) is 6.05. The zero-order chi connectivity index (χ0) is 20.9. The number of hydrogen-bond donors (Lipinski definition) is 0. The summed E-state index contributed by atoms with van der Waals surface area (Å²) < 4.78 is 0. The quantitative estimate of drug-likeness (QED) is 0.729. The van der Waals surface area contributed by atoms with E-state index in [-0.39, 0.29) is 11.9 Å². The molecule has 2 fully saturated rings. The molecule has 1 unspecified atom stereocenters. The number of anilines is 2. The fourth-order valence-corrected chi connectivity index (χ4v) is 4.06. The van der Waals surface area contributed by atoms with Crippen molar-refractivity contribution in [3.8, 4) is 6.07 Å². The number of nitriles is 1. The van der Waals surface area contributed by atoms with Crippen molar-refractivity contribution in [3.63, 3.8) is 0 Å². The highest BCUT2D eigenvalue weighted by molar-refractivity contribution is 5.81. The molecule has 0 bridgehead atoms. The average Bonchev–Trinajstić information content (AvgIpc) is 2.84. The van der Waals surface area contributed by atoms with Crippen LogP contribution in [0.25, 0.3) is 0 Å². The van der Waals surface area contributed by atoms with Gasteiger partial charge in [0.1, 0.15) is 11.9 Å². The summed E-state index contributed by atoms with van der Waals surface area (Å²) in [5, 5.41) is 9.31. The maximum atomic E-state index is 13.1. The van der Waals surface area contributed by atoms with E-state index in [1.807, 2.05) is 11.8 Å². The van der Waals surface area contributed by atoms with E-state index in [0.717, 1.165) is 51.0 Å². The predicted octanol–water partition coefficient (Wildman–Crippen LogP) is 0.603. The molecule has 0 aromatic carbocycles. The molecule has 4 heterocycles. The van der Waals surface area contributed by atoms with Crippen molar-refractivity contribution in [3.05, 3.63) is 42.4 Å². The summed E-state index contributed by atoms with van der Waals surface area (Å²) in [5.74, 6) is 1.63. The molecule has 0 aliphatic carbocycles. The summed E-state index contributed by atoms with van der Waals surface area (Å²) in [6, 6.07) is 7.43. The Morgan fingerprint density at radius 1 is 0.933 bits per heavy atom. The van der Waals surface area contributed by atoms with Gasteiger partial charge in [0, 0.05) is 70.9 Å². The first-order chi connectivity index (χ1) is 14.7. The molecule has 30 heavy (non-hydrogen) atoms. The molecule has 0 spiro atoms. The van der Waals surface area contributed by atoms with Crippen molar-refractivity contribution in [2.75, 3.05) is 62.2 Å². The van der Waals surface area contributed by atoms with Gasteiger partial charge in [0.15, 0.2) is 0 Å². The molecule has 4 rings (SSSR count). The third kappa shape index (κ3) is 4.19. The lowest BCUT2D eigenvalue weighted by Crippen LogP contribution is -2.57. The number of hydrogen-bond acceptors (Lipinski definition) is 8. The van der Waals surface area contributed by atoms with E-state index in [2.05, 4.69) is 35.7 Å². The van der Waals surface area contributed by atoms with Gasteiger partial charge in [-0.05, 0) is 25.1 Å². The number of carbonyl (C=O) groups excluding carboxylic acids is 1. The summed E-state index contributed by atoms with van der Waals surface area (Å²) in [6.45, 7) is 7.89. The van der Waals surface area contributed by atoms with Crippen molar-refractivity contribution in [2.45, 2.75) is 13.0 Å². The smallest absolute Gasteiger partial charge is 0.239 e. The summed E-state index contributed by atoms with van der Waals surface area (Å²) in [6.07, 6.45) is 5.20. The lowest BCUT2D eigenvalue weighted by Gasteiger charge is -2.41. The minimum absolute atomic E-state index is 0.161. The molecule has 2 aromatic rings. The number of carbonyl (C=O) groups is 1. The zero-order valence-corrected chi connectivity index (χ0v) is 17.2. The molecule has 2 aromatic heterocycles. The lowest BCUT2D eigenvalue weighted by atomic mass is 10.1. The van der Waals surface area contributed by atoms with Gasteiger partial charge in [0.25, 0.3) is 0 Å². The van der Waals surface area contributed by atoms with Gasteiger partial charge in [0.2, 0.25) is 11.9 Å². The first-order valence-electron chi connectivity index (χ1n) is 10.3. The molecule has 0 N–H and O–H groups in total. The van der Waals surface area contributed by atoms with Gasteiger partial charge in [0.05, 0.1) is 11.6 Å². The summed E-state index contributed by atoms with van der Waals surface area (Å²) in [4.78, 5) is 34.5. The van der Waals surface area contributed by atoms with E-state index in [1.54, 1.807) is 36.8 Å². The van der Waals surface area contributed by atoms with E-state index < -0.39 is 0 Å². The van der Waals surface area contributed by atoms with Gasteiger partial charge in [-0.2, -0.15) is 5.26 Å². The number of pyridine rings is 1. The van der Waals surface area contributed by atoms with E-state index in [9.17, 15) is 10.1 Å². The second kappa shape index (κ2) is 9.05. The third-order valence-electron chi connectivity index (χ3n) is 5.85. The maximum Gasteiger partial charge on any atom is 0.239 e. The Balaban J connectivity index is 1.30. The maximum absolute atomic E-state index is 13.1. The molecule has 1 atom stereocenters. The normalized spacial score (nSPS) is 18.7. The predicted molar refractivity (Wildman–Crippen MR) is 113 cm³/mol. The number of amides is 1. The Hall–Kier alpha value is -3.25. The van der Waals surface area contributed by atoms with Crippen molar-refractivity contribution < 1.29 is 4.79 Å². The van der Waals surface area contributed by atoms with Crippen molar-refractivity contribution in [2.24, 2.45) is 0 Å². The van der Waals surface area contributed by atoms with Crippen molar-refractivity contribution in [1.82, 2.24) is 24.8 Å². The van der Waals surface area contributed by atoms with Crippen molar-refractivity contribution in [1.29, 1.82) is 5.26 Å². The second-order valence-corrected chi connectivity index (χ2v) is 7.55. The molecule has 9 heteroatoms. The lowest BCUT2D eigenvalue weighted by molar-refractivity contribution is -0.136. The number of piperazine rings is 2. The van der Waals surface area contributed by atoms with Crippen LogP contribution >= 0.6 is 0 Å². The Morgan fingerprint density at radius 2 is 1.57 bits per heavy atom. The first-order valence-corrected chi connectivity index (χ1v) is 10.3. The second-order valence-electron chi connectivity index (χ2n) is 7.55. The minimum atomic E-state index is -0.161. The largest absolute Gasteiger partial charge is 0.353 e. The molecule has 2 saturated heterocycles. The third-order valence-corrected chi connectivity index (χ3v) is 5.85. The fourth-order valence-electron chi connectivity index (χ4n) is 4.06. The van der Waals surface area contributed by atoms with Crippen LogP contribution in [0.1, 0.15) is 12.5 Å². The van der Waals surface area contributed by atoms with Crippen LogP contribution in [0.15, 0.2) is 36.8 Å². The van der Waals surface area contributed by atoms with Crippen LogP contribution in [0.4, 0.5) is 11.8 Å². The number of aromatic nitrogens is 3. The van der Waals surface area contributed by atoms with E-state index in [4.69, 9.17) is 0 Å². The van der Waals surface area contributed by atoms with Crippen LogP contribution in [0.2, 0.25) is 0 Å². The first kappa shape index (κ1) is 20.0. The molecule has 0 saturated carbocycles. The molecule has 2 aliphatic heterocycles. The summed E-state index contributed by atoms with van der Waals surface area (Å²) >= 11 is 0. The van der Waals surface area contributed by atoms with Crippen LogP contribution in [0.3, 0.4) is 0 Å². The zero-order valence-electron chi connectivity index (χ0n) is 17.2. The Bertz CT molecular complexity index is 899. The Morgan fingerprint density at radius 3 is 2.23 bits per heavy atom. The highest BCUT2D eigenvalue weighted by Gasteiger charge is 2.31. The molecule has 1 amide bonds. The molecule has 2 aliphatic rings. The highest BCUT2D eigenvalue weighted by atomic mass is 16.2. The van der Waals surface area contributed by atoms with Crippen LogP contribution in [0, 0.1) is 11.3 Å². The molecular weight excluding hydrogens is 380 g/mol. The van der Waals surface area contributed by atoms with E-state index in [1.165, 1.54) is 0 Å². The van der Waals surface area contributed by atoms with Crippen LogP contribution in [-0.4, -0.2) is 89.1 Å². The Labute approximate surface area is 176 Å². The van der Waals surface area contributed by atoms with Crippen molar-refractivity contribution >= 4 is 17.7 Å².